The highest BCUT2D eigenvalue weighted by Crippen LogP contribution is 2.30. The van der Waals surface area contributed by atoms with E-state index in [4.69, 9.17) is 10.1 Å². The zero-order valence-electron chi connectivity index (χ0n) is 18.2. The fourth-order valence-electron chi connectivity index (χ4n) is 3.87. The van der Waals surface area contributed by atoms with E-state index in [1.54, 1.807) is 10.6 Å². The fourth-order valence-corrected chi connectivity index (χ4v) is 3.87. The van der Waals surface area contributed by atoms with Crippen molar-refractivity contribution >= 4 is 5.65 Å². The van der Waals surface area contributed by atoms with Crippen LogP contribution in [0.25, 0.3) is 28.3 Å². The molecular formula is C24H24FN7. The molecule has 1 N–H and O–H groups in total. The zero-order chi connectivity index (χ0) is 22.2. The standard InChI is InChI=1S/C24H24FN7/c1-15(2)31-9-8-20(30-31)24-23(18-5-7-22-26-14-27-32(22)13-18)28-21(29-24)6-4-17-10-16(3)11-19(25)12-17/h5,7-15H,4,6H2,1-3H3,(H,28,29). The number of pyridine rings is 1. The van der Waals surface area contributed by atoms with E-state index in [0.717, 1.165) is 45.2 Å². The number of aromatic amines is 1. The average molecular weight is 430 g/mol. The number of nitrogens with one attached hydrogen (secondary N) is 1. The van der Waals surface area contributed by atoms with Gasteiger partial charge in [0, 0.05) is 30.4 Å². The van der Waals surface area contributed by atoms with Gasteiger partial charge in [-0.2, -0.15) is 10.2 Å². The SMILES string of the molecule is Cc1cc(F)cc(CCc2nc(-c3ccc4ncnn4c3)c(-c3ccn(C(C)C)n3)[nH]2)c1. The van der Waals surface area contributed by atoms with Crippen molar-refractivity contribution in [3.63, 3.8) is 0 Å². The lowest BCUT2D eigenvalue weighted by atomic mass is 10.1. The van der Waals surface area contributed by atoms with Gasteiger partial charge in [-0.05, 0) is 68.7 Å². The van der Waals surface area contributed by atoms with Crippen LogP contribution in [0.4, 0.5) is 4.39 Å². The van der Waals surface area contributed by atoms with Crippen molar-refractivity contribution in [3.05, 3.63) is 77.9 Å². The van der Waals surface area contributed by atoms with Gasteiger partial charge in [0.15, 0.2) is 5.65 Å². The normalized spacial score (nSPS) is 11.7. The van der Waals surface area contributed by atoms with Crippen molar-refractivity contribution in [2.24, 2.45) is 0 Å². The molecule has 5 rings (SSSR count). The summed E-state index contributed by atoms with van der Waals surface area (Å²) in [4.78, 5) is 12.6. The number of H-pyrrole nitrogens is 1. The molecule has 0 fully saturated rings. The van der Waals surface area contributed by atoms with Crippen LogP contribution in [0.15, 0.2) is 55.1 Å². The number of hydrogen-bond acceptors (Lipinski definition) is 4. The van der Waals surface area contributed by atoms with Crippen molar-refractivity contribution in [1.29, 1.82) is 0 Å². The van der Waals surface area contributed by atoms with E-state index in [-0.39, 0.29) is 11.9 Å². The first-order valence-electron chi connectivity index (χ1n) is 10.7. The molecule has 4 heterocycles. The number of aromatic nitrogens is 7. The van der Waals surface area contributed by atoms with E-state index in [1.165, 1.54) is 12.4 Å². The lowest BCUT2D eigenvalue weighted by molar-refractivity contribution is 0.534. The predicted octanol–water partition coefficient (Wildman–Crippen LogP) is 4.80. The monoisotopic (exact) mass is 429 g/mol. The Bertz CT molecular complexity index is 1370. The van der Waals surface area contributed by atoms with Crippen molar-refractivity contribution < 1.29 is 4.39 Å². The summed E-state index contributed by atoms with van der Waals surface area (Å²) in [5, 5.41) is 8.98. The molecule has 0 aliphatic heterocycles. The number of halogens is 1. The number of aryl methyl sites for hydroxylation is 3. The molecule has 8 heteroatoms. The summed E-state index contributed by atoms with van der Waals surface area (Å²) in [5.41, 5.74) is 6.05. The molecule has 4 aromatic heterocycles. The van der Waals surface area contributed by atoms with Crippen LogP contribution in [0, 0.1) is 12.7 Å². The Balaban J connectivity index is 1.53. The first-order valence-corrected chi connectivity index (χ1v) is 10.7. The highest BCUT2D eigenvalue weighted by molar-refractivity contribution is 5.76. The number of fused-ring (bicyclic) bond motifs is 1. The number of benzene rings is 1. The number of hydrogen-bond donors (Lipinski definition) is 1. The van der Waals surface area contributed by atoms with Crippen molar-refractivity contribution in [1.82, 2.24) is 34.3 Å². The molecule has 0 bridgehead atoms. The second kappa shape index (κ2) is 8.03. The minimum Gasteiger partial charge on any atom is -0.340 e. The minimum absolute atomic E-state index is 0.207. The van der Waals surface area contributed by atoms with Gasteiger partial charge >= 0.3 is 0 Å². The van der Waals surface area contributed by atoms with Gasteiger partial charge in [0.2, 0.25) is 0 Å². The molecule has 0 unspecified atom stereocenters. The number of nitrogens with zero attached hydrogens (tertiary/aromatic N) is 6. The molecule has 1 aromatic carbocycles. The van der Waals surface area contributed by atoms with E-state index < -0.39 is 0 Å². The van der Waals surface area contributed by atoms with Crippen LogP contribution in [0.2, 0.25) is 0 Å². The molecule has 5 aromatic rings. The number of rotatable bonds is 6. The highest BCUT2D eigenvalue weighted by Gasteiger charge is 2.18. The fraction of sp³-hybridized carbons (Fsp3) is 0.250. The summed E-state index contributed by atoms with van der Waals surface area (Å²) < 4.78 is 17.4. The molecule has 0 atom stereocenters. The summed E-state index contributed by atoms with van der Waals surface area (Å²) in [7, 11) is 0. The molecule has 0 radical (unpaired) electrons. The van der Waals surface area contributed by atoms with Gasteiger partial charge < -0.3 is 4.98 Å². The second-order valence-corrected chi connectivity index (χ2v) is 8.30. The molecule has 0 aliphatic carbocycles. The third kappa shape index (κ3) is 3.91. The van der Waals surface area contributed by atoms with Crippen molar-refractivity contribution in [3.8, 4) is 22.6 Å². The first-order chi connectivity index (χ1) is 15.5. The Morgan fingerprint density at radius 2 is 1.97 bits per heavy atom. The quantitative estimate of drug-likeness (QED) is 0.421. The van der Waals surface area contributed by atoms with Crippen LogP contribution in [-0.4, -0.2) is 34.3 Å². The van der Waals surface area contributed by atoms with Gasteiger partial charge in [0.25, 0.3) is 0 Å². The molecule has 0 spiro atoms. The summed E-state index contributed by atoms with van der Waals surface area (Å²) in [6.45, 7) is 6.09. The van der Waals surface area contributed by atoms with Crippen LogP contribution in [0.5, 0.6) is 0 Å². The molecular weight excluding hydrogens is 405 g/mol. The average Bonchev–Trinajstić information content (AvgIpc) is 3.49. The second-order valence-electron chi connectivity index (χ2n) is 8.30. The molecule has 0 aliphatic rings. The largest absolute Gasteiger partial charge is 0.340 e. The van der Waals surface area contributed by atoms with E-state index in [1.807, 2.05) is 48.3 Å². The van der Waals surface area contributed by atoms with Crippen LogP contribution in [0.3, 0.4) is 0 Å². The number of imidazole rings is 1. The summed E-state index contributed by atoms with van der Waals surface area (Å²) >= 11 is 0. The Kier molecular flexibility index (Phi) is 5.05. The van der Waals surface area contributed by atoms with Crippen LogP contribution < -0.4 is 0 Å². The maximum atomic E-state index is 13.8. The van der Waals surface area contributed by atoms with E-state index in [0.29, 0.717) is 12.8 Å². The molecule has 0 saturated heterocycles. The molecule has 32 heavy (non-hydrogen) atoms. The van der Waals surface area contributed by atoms with Gasteiger partial charge in [0.1, 0.15) is 23.7 Å². The van der Waals surface area contributed by atoms with Gasteiger partial charge in [0.05, 0.1) is 11.4 Å². The molecule has 7 nitrogen and oxygen atoms in total. The van der Waals surface area contributed by atoms with E-state index in [9.17, 15) is 4.39 Å². The maximum Gasteiger partial charge on any atom is 0.155 e. The molecule has 0 saturated carbocycles. The van der Waals surface area contributed by atoms with E-state index >= 15 is 0 Å². The van der Waals surface area contributed by atoms with Gasteiger partial charge in [-0.15, -0.1) is 0 Å². The third-order valence-electron chi connectivity index (χ3n) is 5.45. The van der Waals surface area contributed by atoms with Gasteiger partial charge in [-0.25, -0.2) is 18.9 Å². The highest BCUT2D eigenvalue weighted by atomic mass is 19.1. The summed E-state index contributed by atoms with van der Waals surface area (Å²) in [5.74, 6) is 0.621. The van der Waals surface area contributed by atoms with Crippen LogP contribution in [0.1, 0.15) is 36.8 Å². The molecule has 0 amide bonds. The lowest BCUT2D eigenvalue weighted by Crippen LogP contribution is -2.01. The smallest absolute Gasteiger partial charge is 0.155 e. The predicted molar refractivity (Wildman–Crippen MR) is 121 cm³/mol. The maximum absolute atomic E-state index is 13.8. The van der Waals surface area contributed by atoms with Gasteiger partial charge in [-0.3, -0.25) is 4.68 Å². The van der Waals surface area contributed by atoms with E-state index in [2.05, 4.69) is 28.9 Å². The Morgan fingerprint density at radius 1 is 1.09 bits per heavy atom. The van der Waals surface area contributed by atoms with Crippen molar-refractivity contribution in [2.75, 3.05) is 0 Å². The Labute approximate surface area is 185 Å². The van der Waals surface area contributed by atoms with Crippen LogP contribution in [-0.2, 0) is 12.8 Å². The Hall–Kier alpha value is -3.81. The lowest BCUT2D eigenvalue weighted by Gasteiger charge is -2.04. The Morgan fingerprint density at radius 3 is 2.75 bits per heavy atom. The topological polar surface area (TPSA) is 76.7 Å². The van der Waals surface area contributed by atoms with Crippen LogP contribution >= 0.6 is 0 Å². The third-order valence-corrected chi connectivity index (χ3v) is 5.45. The molecule has 162 valence electrons. The van der Waals surface area contributed by atoms with Gasteiger partial charge in [-0.1, -0.05) is 6.07 Å². The minimum atomic E-state index is -0.207. The summed E-state index contributed by atoms with van der Waals surface area (Å²) in [6.07, 6.45) is 6.77. The zero-order valence-corrected chi connectivity index (χ0v) is 18.2. The van der Waals surface area contributed by atoms with Crippen molar-refractivity contribution in [2.45, 2.75) is 39.7 Å². The first kappa shape index (κ1) is 20.1. The summed E-state index contributed by atoms with van der Waals surface area (Å²) in [6, 6.07) is 11.3.